The van der Waals surface area contributed by atoms with Crippen molar-refractivity contribution < 1.29 is 29.8 Å². The molecular weight excluding hydrogens is 196 g/mol. The molecule has 0 aliphatic rings. The van der Waals surface area contributed by atoms with E-state index in [2.05, 4.69) is 0 Å². The Bertz CT molecular complexity index is 98.9. The molecule has 0 unspecified atom stereocenters. The first-order chi connectivity index (χ1) is 4.36. The average molecular weight is 203 g/mol. The molecule has 0 radical (unpaired) electrons. The zero-order valence-electron chi connectivity index (χ0n) is 5.21. The second-order valence-corrected chi connectivity index (χ2v) is 3.73. The van der Waals surface area contributed by atoms with Crippen molar-refractivity contribution in [1.82, 2.24) is 0 Å². The molecule has 0 aromatic rings. The third kappa shape index (κ3) is 1130. The van der Waals surface area contributed by atoms with Gasteiger partial charge in [-0.05, 0) is 0 Å². The summed E-state index contributed by atoms with van der Waals surface area (Å²) in [5.41, 5.74) is 4.78. The summed E-state index contributed by atoms with van der Waals surface area (Å²) in [4.78, 5) is 0. The van der Waals surface area contributed by atoms with Crippen LogP contribution in [0.4, 0.5) is 24.6 Å². The van der Waals surface area contributed by atoms with E-state index in [1.165, 1.54) is 0 Å². The van der Waals surface area contributed by atoms with Crippen LogP contribution in [0.2, 0.25) is 0 Å². The Labute approximate surface area is 58.5 Å². The number of aliphatic hydroxyl groups is 1. The molecule has 0 saturated carbocycles. The number of halogens is 6. The molecule has 0 aliphatic heterocycles. The topological polar surface area (TPSA) is 46.2 Å². The van der Waals surface area contributed by atoms with Gasteiger partial charge in [0.15, 0.2) is 0 Å². The minimum atomic E-state index is -10.8. The van der Waals surface area contributed by atoms with Gasteiger partial charge >= 0.3 is 33.3 Å². The molecule has 2 nitrogen and oxygen atoms in total. The zero-order valence-corrected chi connectivity index (χ0v) is 6.21. The molecule has 9 heteroatoms. The molecule has 0 saturated heterocycles. The summed E-state index contributed by atoms with van der Waals surface area (Å²) in [6.07, 6.45) is 0. The van der Waals surface area contributed by atoms with Crippen molar-refractivity contribution in [2.24, 2.45) is 5.73 Å². The van der Waals surface area contributed by atoms with Gasteiger partial charge in [-0.3, -0.25) is 0 Å². The molecule has 11 heavy (non-hydrogen) atoms. The van der Waals surface area contributed by atoms with Crippen LogP contribution in [0.5, 0.6) is 0 Å². The Balaban J connectivity index is 0. The van der Waals surface area contributed by atoms with E-state index in [-0.39, 0.29) is 6.61 Å². The van der Waals surface area contributed by atoms with Gasteiger partial charge in [0.05, 0.1) is 6.61 Å². The molecule has 0 atom stereocenters. The molecule has 0 heterocycles. The van der Waals surface area contributed by atoms with Gasteiger partial charge in [-0.1, -0.05) is 0 Å². The van der Waals surface area contributed by atoms with Crippen molar-refractivity contribution in [3.05, 3.63) is 0 Å². The van der Waals surface area contributed by atoms with Gasteiger partial charge in [-0.2, -0.15) is 0 Å². The summed E-state index contributed by atoms with van der Waals surface area (Å²) < 4.78 is 59.3. The minimum Gasteiger partial charge on any atom is -0.395 e. The van der Waals surface area contributed by atoms with Crippen molar-refractivity contribution >= 4 is 8.63 Å². The predicted molar refractivity (Wildman–Crippen MR) is 28.5 cm³/mol. The molecule has 0 aromatic carbocycles. The normalized spacial score (nSPS) is 17.5. The third-order valence-electron chi connectivity index (χ3n) is 0.129. The van der Waals surface area contributed by atoms with Gasteiger partial charge < -0.3 is 10.8 Å². The smallest absolute Gasteiger partial charge is 0.0553 e. The summed E-state index contributed by atoms with van der Waals surface area (Å²) in [5, 5.41) is 7.75. The molecule has 0 bridgehead atoms. The second-order valence-electron chi connectivity index (χ2n) is 1.58. The van der Waals surface area contributed by atoms with Gasteiger partial charge in [-0.15, -0.1) is 0 Å². The second kappa shape index (κ2) is 2.64. The molecule has 0 fully saturated rings. The minimum absolute atomic E-state index is 0.0972. The molecule has 0 aliphatic carbocycles. The Morgan fingerprint density at radius 1 is 1.00 bits per heavy atom. The van der Waals surface area contributed by atoms with Gasteiger partial charge in [-0.25, -0.2) is 0 Å². The first-order valence-electron chi connectivity index (χ1n) is 2.36. The predicted octanol–water partition coefficient (Wildman–Crippen LogP) is 1.08. The SMILES string of the molecule is F[Si-2](F)(F)(F)(F)F.NCCO. The first kappa shape index (κ1) is 13.3. The van der Waals surface area contributed by atoms with Gasteiger partial charge in [0, 0.05) is 6.54 Å². The van der Waals surface area contributed by atoms with Crippen LogP contribution in [0.1, 0.15) is 0 Å². The largest absolute Gasteiger partial charge is 0.395 e. The van der Waals surface area contributed by atoms with E-state index in [1.54, 1.807) is 0 Å². The molecule has 74 valence electrons. The van der Waals surface area contributed by atoms with E-state index in [4.69, 9.17) is 10.8 Å². The standard InChI is InChI=1S/C2H7NO.F6Si/c3-1-2-4;1-7(2,3,4,5)6/h4H,1-3H2;/q;-2. The van der Waals surface area contributed by atoms with Crippen molar-refractivity contribution in [1.29, 1.82) is 0 Å². The van der Waals surface area contributed by atoms with Crippen LogP contribution in [0.3, 0.4) is 0 Å². The molecule has 0 amide bonds. The van der Waals surface area contributed by atoms with Crippen LogP contribution in [0, 0.1) is 0 Å². The van der Waals surface area contributed by atoms with Crippen molar-refractivity contribution in [2.75, 3.05) is 13.2 Å². The number of aliphatic hydroxyl groups excluding tert-OH is 1. The summed E-state index contributed by atoms with van der Waals surface area (Å²) in [6.45, 7) is 0.472. The van der Waals surface area contributed by atoms with Crippen molar-refractivity contribution in [3.8, 4) is 0 Å². The van der Waals surface area contributed by atoms with Crippen LogP contribution >= 0.6 is 0 Å². The van der Waals surface area contributed by atoms with Crippen LogP contribution in [-0.2, 0) is 0 Å². The van der Waals surface area contributed by atoms with Crippen molar-refractivity contribution in [3.63, 3.8) is 0 Å². The first-order valence-corrected chi connectivity index (χ1v) is 4.63. The maximum Gasteiger partial charge on any atom is 0.0553 e. The zero-order chi connectivity index (χ0) is 9.82. The average Bonchev–Trinajstić information content (AvgIpc) is 1.57. The molecular formula is C2H7F6NOSi-2. The Kier molecular flexibility index (Phi) is 3.20. The van der Waals surface area contributed by atoms with E-state index >= 15 is 0 Å². The van der Waals surface area contributed by atoms with Crippen molar-refractivity contribution in [2.45, 2.75) is 0 Å². The van der Waals surface area contributed by atoms with Crippen LogP contribution in [0.15, 0.2) is 0 Å². The quantitative estimate of drug-likeness (QED) is 0.380. The fourth-order valence-electron chi connectivity index (χ4n) is 0. The van der Waals surface area contributed by atoms with Gasteiger partial charge in [0.2, 0.25) is 0 Å². The Morgan fingerprint density at radius 3 is 1.09 bits per heavy atom. The Morgan fingerprint density at radius 2 is 1.09 bits per heavy atom. The summed E-state index contributed by atoms with van der Waals surface area (Å²) in [7, 11) is -10.8. The molecule has 0 rings (SSSR count). The fourth-order valence-corrected chi connectivity index (χ4v) is 0. The van der Waals surface area contributed by atoms with E-state index < -0.39 is 8.63 Å². The number of hydrogen-bond donors (Lipinski definition) is 2. The fraction of sp³-hybridized carbons (Fsp3) is 1.00. The maximum absolute atomic E-state index is 10.8. The van der Waals surface area contributed by atoms with E-state index in [1.807, 2.05) is 0 Å². The van der Waals surface area contributed by atoms with Gasteiger partial charge in [0.1, 0.15) is 0 Å². The maximum atomic E-state index is 9.88. The number of rotatable bonds is 1. The number of nitrogens with two attached hydrogens (primary N) is 1. The summed E-state index contributed by atoms with van der Waals surface area (Å²) in [5.74, 6) is 0. The monoisotopic (exact) mass is 203 g/mol. The van der Waals surface area contributed by atoms with Crippen LogP contribution < -0.4 is 5.73 Å². The summed E-state index contributed by atoms with van der Waals surface area (Å²) in [6, 6.07) is 0. The number of hydrogen-bond acceptors (Lipinski definition) is 2. The van der Waals surface area contributed by atoms with E-state index in [9.17, 15) is 24.6 Å². The van der Waals surface area contributed by atoms with Crippen LogP contribution in [-0.4, -0.2) is 26.9 Å². The van der Waals surface area contributed by atoms with E-state index in [0.717, 1.165) is 0 Å². The summed E-state index contributed by atoms with van der Waals surface area (Å²) >= 11 is 0. The Hall–Kier alpha value is -0.283. The molecule has 0 aromatic heterocycles. The van der Waals surface area contributed by atoms with E-state index in [0.29, 0.717) is 6.54 Å². The van der Waals surface area contributed by atoms with Gasteiger partial charge in [0.25, 0.3) is 0 Å². The third-order valence-corrected chi connectivity index (χ3v) is 0.129. The molecule has 0 spiro atoms. The van der Waals surface area contributed by atoms with Crippen LogP contribution in [0.25, 0.3) is 0 Å². The molecule has 3 N–H and O–H groups in total.